The summed E-state index contributed by atoms with van der Waals surface area (Å²) >= 11 is 0. The van der Waals surface area contributed by atoms with Gasteiger partial charge in [-0.05, 0) is 0 Å². The van der Waals surface area contributed by atoms with Crippen LogP contribution in [-0.2, 0) is 19.1 Å². The van der Waals surface area contributed by atoms with Crippen molar-refractivity contribution in [3.63, 3.8) is 0 Å². The normalized spacial score (nSPS) is 46.0. The third kappa shape index (κ3) is 0.691. The fourth-order valence-corrected chi connectivity index (χ4v) is 4.73. The van der Waals surface area contributed by atoms with Crippen LogP contribution in [0.1, 0.15) is 20.3 Å². The Kier molecular flexibility index (Phi) is 1.56. The Hall–Kier alpha value is -0.770. The van der Waals surface area contributed by atoms with Crippen molar-refractivity contribution in [3.8, 4) is 0 Å². The number of hydrogen-bond acceptors (Lipinski definition) is 4. The first-order chi connectivity index (χ1) is 6.32. The zero-order valence-corrected chi connectivity index (χ0v) is 8.60. The van der Waals surface area contributed by atoms with E-state index in [1.165, 1.54) is 6.92 Å². The Bertz CT molecular complexity index is 345. The van der Waals surface area contributed by atoms with Crippen LogP contribution in [0.25, 0.3) is 0 Å². The summed E-state index contributed by atoms with van der Waals surface area (Å²) in [6, 6.07) is 0. The Labute approximate surface area is 79.1 Å². The molecule has 2 fully saturated rings. The molecule has 2 aliphatic rings. The van der Waals surface area contributed by atoms with Crippen molar-refractivity contribution in [1.82, 2.24) is 0 Å². The molecule has 0 N–H and O–H groups in total. The summed E-state index contributed by atoms with van der Waals surface area (Å²) in [4.78, 5) is 21.6. The van der Waals surface area contributed by atoms with Gasteiger partial charge < -0.3 is 0 Å². The second-order valence-electron chi connectivity index (χ2n) is 3.57. The van der Waals surface area contributed by atoms with Gasteiger partial charge in [0.1, 0.15) is 0 Å². The van der Waals surface area contributed by atoms with Crippen LogP contribution in [0.4, 0.5) is 8.39 Å². The summed E-state index contributed by atoms with van der Waals surface area (Å²) in [7, 11) is -4.80. The molecule has 0 saturated carbocycles. The van der Waals surface area contributed by atoms with E-state index in [4.69, 9.17) is 0 Å². The average molecular weight is 226 g/mol. The number of esters is 2. The Morgan fingerprint density at radius 1 is 1.29 bits per heavy atom. The third-order valence-electron chi connectivity index (χ3n) is 3.04. The summed E-state index contributed by atoms with van der Waals surface area (Å²) in [5, 5.41) is -3.66. The number of ether oxygens (including phenoxy) is 2. The molecule has 2 atom stereocenters. The number of fused-ring (bicyclic) bond motifs is 1. The summed E-state index contributed by atoms with van der Waals surface area (Å²) < 4.78 is 35.9. The van der Waals surface area contributed by atoms with E-state index in [1.54, 1.807) is 0 Å². The van der Waals surface area contributed by atoms with Crippen LogP contribution < -0.4 is 0 Å². The SMILES string of the molecule is CCC12OC(=O)C(=O)OC1(C)[PH]2(F)F. The van der Waals surface area contributed by atoms with Crippen molar-refractivity contribution < 1.29 is 27.5 Å². The van der Waals surface area contributed by atoms with Crippen LogP contribution in [0.3, 0.4) is 0 Å². The molecule has 0 aromatic rings. The first-order valence-corrected chi connectivity index (χ1v) is 5.92. The summed E-state index contributed by atoms with van der Waals surface area (Å²) in [6.07, 6.45) is -0.0260. The van der Waals surface area contributed by atoms with Gasteiger partial charge in [-0.2, -0.15) is 0 Å². The van der Waals surface area contributed by atoms with Crippen LogP contribution in [0, 0.1) is 0 Å². The Morgan fingerprint density at radius 2 is 1.79 bits per heavy atom. The molecule has 0 spiro atoms. The van der Waals surface area contributed by atoms with E-state index in [1.807, 2.05) is 0 Å². The average Bonchev–Trinajstić information content (AvgIpc) is 2.45. The maximum absolute atomic E-state index is 13.5. The molecule has 14 heavy (non-hydrogen) atoms. The second kappa shape index (κ2) is 2.24. The first kappa shape index (κ1) is 9.77. The minimum atomic E-state index is -4.80. The van der Waals surface area contributed by atoms with Crippen LogP contribution in [0.15, 0.2) is 0 Å². The molecule has 0 amide bonds. The van der Waals surface area contributed by atoms with Crippen molar-refractivity contribution in [2.75, 3.05) is 0 Å². The van der Waals surface area contributed by atoms with Crippen molar-refractivity contribution in [2.45, 2.75) is 31.0 Å². The molecule has 2 saturated heterocycles. The van der Waals surface area contributed by atoms with Crippen LogP contribution in [0.2, 0.25) is 0 Å². The van der Waals surface area contributed by atoms with Gasteiger partial charge in [0.2, 0.25) is 0 Å². The molecule has 80 valence electrons. The first-order valence-electron chi connectivity index (χ1n) is 4.16. The van der Waals surface area contributed by atoms with E-state index in [-0.39, 0.29) is 6.42 Å². The predicted octanol–water partition coefficient (Wildman–Crippen LogP) is 1.44. The van der Waals surface area contributed by atoms with Gasteiger partial charge in [0.15, 0.2) is 0 Å². The van der Waals surface area contributed by atoms with Gasteiger partial charge in [-0.15, -0.1) is 0 Å². The van der Waals surface area contributed by atoms with Crippen LogP contribution in [0.5, 0.6) is 0 Å². The zero-order valence-electron chi connectivity index (χ0n) is 7.60. The van der Waals surface area contributed by atoms with Gasteiger partial charge in [-0.3, -0.25) is 0 Å². The number of carbonyl (C=O) groups excluding carboxylic acids is 2. The zero-order chi connectivity index (χ0) is 10.8. The van der Waals surface area contributed by atoms with Crippen molar-refractivity contribution >= 4 is 19.8 Å². The third-order valence-corrected chi connectivity index (χ3v) is 6.44. The molecule has 2 unspecified atom stereocenters. The van der Waals surface area contributed by atoms with E-state index in [0.717, 1.165) is 6.92 Å². The standard InChI is InChI=1S/C7H9F2O4P/c1-3-7-6(2,14(7,8)9)12-4(10)5(11)13-7/h14H,3H2,1-2H3. The summed E-state index contributed by atoms with van der Waals surface area (Å²) in [5.74, 6) is -2.63. The fraction of sp³-hybridized carbons (Fsp3) is 0.714. The summed E-state index contributed by atoms with van der Waals surface area (Å²) in [6.45, 7) is 2.62. The quantitative estimate of drug-likeness (QED) is 0.385. The predicted molar refractivity (Wildman–Crippen MR) is 44.1 cm³/mol. The molecule has 7 heteroatoms. The van der Waals surface area contributed by atoms with Gasteiger partial charge in [0.25, 0.3) is 0 Å². The Balaban J connectivity index is 2.43. The van der Waals surface area contributed by atoms with Crippen LogP contribution >= 0.6 is 7.88 Å². The molecular weight excluding hydrogens is 217 g/mol. The molecule has 4 nitrogen and oxygen atoms in total. The van der Waals surface area contributed by atoms with Gasteiger partial charge in [-0.1, -0.05) is 0 Å². The topological polar surface area (TPSA) is 52.6 Å². The molecule has 0 radical (unpaired) electrons. The molecule has 0 bridgehead atoms. The number of rotatable bonds is 1. The van der Waals surface area contributed by atoms with Gasteiger partial charge in [-0.25, -0.2) is 0 Å². The molecule has 2 aliphatic heterocycles. The molecule has 2 heterocycles. The number of hydrogen-bond donors (Lipinski definition) is 0. The number of halogens is 2. The van der Waals surface area contributed by atoms with Gasteiger partial charge in [0, 0.05) is 0 Å². The fourth-order valence-electron chi connectivity index (χ4n) is 2.01. The van der Waals surface area contributed by atoms with Crippen molar-refractivity contribution in [3.05, 3.63) is 0 Å². The Morgan fingerprint density at radius 3 is 2.29 bits per heavy atom. The van der Waals surface area contributed by atoms with E-state index < -0.39 is 30.5 Å². The van der Waals surface area contributed by atoms with E-state index in [0.29, 0.717) is 0 Å². The maximum atomic E-state index is 13.5. The van der Waals surface area contributed by atoms with E-state index >= 15 is 0 Å². The van der Waals surface area contributed by atoms with E-state index in [9.17, 15) is 18.0 Å². The molecule has 0 aliphatic carbocycles. The van der Waals surface area contributed by atoms with Crippen molar-refractivity contribution in [1.29, 1.82) is 0 Å². The molecule has 0 aromatic carbocycles. The number of carbonyl (C=O) groups is 2. The van der Waals surface area contributed by atoms with Crippen molar-refractivity contribution in [2.24, 2.45) is 0 Å². The van der Waals surface area contributed by atoms with Gasteiger partial charge in [0.05, 0.1) is 0 Å². The van der Waals surface area contributed by atoms with Gasteiger partial charge >= 0.3 is 78.2 Å². The summed E-state index contributed by atoms with van der Waals surface area (Å²) in [5.41, 5.74) is 0. The monoisotopic (exact) mass is 226 g/mol. The minimum absolute atomic E-state index is 0.0260. The van der Waals surface area contributed by atoms with E-state index in [2.05, 4.69) is 9.47 Å². The van der Waals surface area contributed by atoms with Crippen LogP contribution in [-0.4, -0.2) is 22.6 Å². The molecular formula is C7H9F2O4P. The molecule has 0 aromatic heterocycles. The second-order valence-corrected chi connectivity index (χ2v) is 6.48. The molecule has 2 rings (SSSR count).